The largest absolute Gasteiger partial charge is 0.496 e. The summed E-state index contributed by atoms with van der Waals surface area (Å²) in [6.07, 6.45) is 6.97. The monoisotopic (exact) mass is 364 g/mol. The summed E-state index contributed by atoms with van der Waals surface area (Å²) in [4.78, 5) is 0. The van der Waals surface area contributed by atoms with E-state index in [0.29, 0.717) is 0 Å². The van der Waals surface area contributed by atoms with Crippen LogP contribution in [0.3, 0.4) is 0 Å². The van der Waals surface area contributed by atoms with Gasteiger partial charge >= 0.3 is 0 Å². The molecule has 101 valence electrons. The molecule has 0 unspecified atom stereocenters. The summed E-state index contributed by atoms with van der Waals surface area (Å²) in [7, 11) is 0. The van der Waals surface area contributed by atoms with E-state index in [0.717, 1.165) is 0 Å². The summed E-state index contributed by atoms with van der Waals surface area (Å²) in [6, 6.07) is 31.2. The summed E-state index contributed by atoms with van der Waals surface area (Å²) < 4.78 is 0. The molecule has 3 rings (SSSR count). The Kier molecular flexibility index (Phi) is 5.76. The molecule has 0 atom stereocenters. The van der Waals surface area contributed by atoms with E-state index in [1.54, 1.807) is 0 Å². The van der Waals surface area contributed by atoms with Crippen molar-refractivity contribution in [3.05, 3.63) is 91.0 Å². The van der Waals surface area contributed by atoms with Crippen LogP contribution < -0.4 is 15.9 Å². The van der Waals surface area contributed by atoms with Gasteiger partial charge in [0.25, 0.3) is 0 Å². The summed E-state index contributed by atoms with van der Waals surface area (Å²) in [5, 5.41) is 3.62. The molecule has 21 heavy (non-hydrogen) atoms. The first-order chi connectivity index (χ1) is 9.82. The van der Waals surface area contributed by atoms with Crippen molar-refractivity contribution in [2.45, 2.75) is 0 Å². The minimum atomic E-state index is -2.03. The maximum Gasteiger partial charge on any atom is 0 e. The molecule has 0 nitrogen and oxygen atoms in total. The predicted octanol–water partition coefficient (Wildman–Crippen LogP) is 3.29. The Morgan fingerprint density at radius 3 is 0.952 bits per heavy atom. The Morgan fingerprint density at radius 1 is 0.476 bits per heavy atom. The van der Waals surface area contributed by atoms with Gasteiger partial charge in [0.15, 0.2) is 0 Å². The summed E-state index contributed by atoms with van der Waals surface area (Å²) in [6.45, 7) is -2.03. The van der Waals surface area contributed by atoms with E-state index in [4.69, 9.17) is 6.30 Å². The molecular formula is C19H16PY-. The van der Waals surface area contributed by atoms with E-state index < -0.39 is 6.89 Å². The number of hydrogen-bond donors (Lipinski definition) is 0. The molecule has 0 aromatic heterocycles. The third kappa shape index (κ3) is 3.29. The van der Waals surface area contributed by atoms with Crippen LogP contribution in [-0.4, -0.2) is 6.30 Å². The number of hydrogen-bond acceptors (Lipinski definition) is 0. The first-order valence-corrected chi connectivity index (χ1v) is 8.52. The molecule has 0 aliphatic heterocycles. The van der Waals surface area contributed by atoms with Gasteiger partial charge in [-0.05, 0) is 15.9 Å². The van der Waals surface area contributed by atoms with Gasteiger partial charge in [-0.25, -0.2) is 0 Å². The van der Waals surface area contributed by atoms with Crippen LogP contribution in [0.4, 0.5) is 0 Å². The number of rotatable bonds is 3. The van der Waals surface area contributed by atoms with Crippen LogP contribution in [-0.2, 0) is 32.7 Å². The van der Waals surface area contributed by atoms with Crippen LogP contribution in [0.2, 0.25) is 0 Å². The molecule has 0 bridgehead atoms. The Morgan fingerprint density at radius 2 is 0.714 bits per heavy atom. The van der Waals surface area contributed by atoms with Gasteiger partial charge in [0.1, 0.15) is 0 Å². The zero-order valence-electron chi connectivity index (χ0n) is 11.8. The summed E-state index contributed by atoms with van der Waals surface area (Å²) >= 11 is 0. The molecule has 0 N–H and O–H groups in total. The second-order valence-electron chi connectivity index (χ2n) is 4.73. The molecule has 3 aromatic carbocycles. The first kappa shape index (κ1) is 16.4. The van der Waals surface area contributed by atoms with Gasteiger partial charge in [0.05, 0.1) is 0 Å². The van der Waals surface area contributed by atoms with Crippen molar-refractivity contribution >= 4 is 29.1 Å². The molecule has 0 saturated heterocycles. The smallest absolute Gasteiger partial charge is 0 e. The van der Waals surface area contributed by atoms with Gasteiger partial charge in [0.2, 0.25) is 0 Å². The Hall–Kier alpha value is -0.936. The summed E-state index contributed by atoms with van der Waals surface area (Å²) in [5.41, 5.74) is 0. The van der Waals surface area contributed by atoms with Crippen molar-refractivity contribution in [1.29, 1.82) is 0 Å². The van der Waals surface area contributed by atoms with Crippen molar-refractivity contribution in [2.24, 2.45) is 0 Å². The van der Waals surface area contributed by atoms with Crippen LogP contribution in [0.5, 0.6) is 0 Å². The van der Waals surface area contributed by atoms with Crippen molar-refractivity contribution in [3.63, 3.8) is 0 Å². The first-order valence-electron chi connectivity index (χ1n) is 6.66. The van der Waals surface area contributed by atoms with Crippen LogP contribution in [0, 0.1) is 0 Å². The van der Waals surface area contributed by atoms with Gasteiger partial charge in [-0.2, -0.15) is 6.89 Å². The van der Waals surface area contributed by atoms with Gasteiger partial charge in [-0.15, -0.1) is 0 Å². The fourth-order valence-electron chi connectivity index (χ4n) is 2.44. The maximum absolute atomic E-state index is 6.97. The maximum atomic E-state index is 6.97. The van der Waals surface area contributed by atoms with Gasteiger partial charge in [-0.3, -0.25) is 0 Å². The molecule has 3 aromatic rings. The van der Waals surface area contributed by atoms with E-state index in [2.05, 4.69) is 72.8 Å². The zero-order chi connectivity index (χ0) is 13.8. The van der Waals surface area contributed by atoms with E-state index in [-0.39, 0.29) is 32.7 Å². The van der Waals surface area contributed by atoms with Gasteiger partial charge < -0.3 is 6.30 Å². The van der Waals surface area contributed by atoms with E-state index >= 15 is 0 Å². The Labute approximate surface area is 152 Å². The second-order valence-corrected chi connectivity index (χ2v) is 7.72. The van der Waals surface area contributed by atoms with E-state index in [9.17, 15) is 0 Å². The van der Waals surface area contributed by atoms with Crippen molar-refractivity contribution in [2.75, 3.05) is 0 Å². The molecule has 0 heterocycles. The molecule has 0 aliphatic carbocycles. The molecule has 0 saturated carbocycles. The van der Waals surface area contributed by atoms with Crippen molar-refractivity contribution in [3.8, 4) is 0 Å². The summed E-state index contributed by atoms with van der Waals surface area (Å²) in [5.74, 6) is 0. The number of benzene rings is 3. The quantitative estimate of drug-likeness (QED) is 0.494. The van der Waals surface area contributed by atoms with E-state index in [1.807, 2.05) is 18.2 Å². The average Bonchev–Trinajstić information content (AvgIpc) is 2.56. The van der Waals surface area contributed by atoms with Gasteiger partial charge in [0, 0.05) is 32.7 Å². The fraction of sp³-hybridized carbons (Fsp3) is 0. The fourth-order valence-corrected chi connectivity index (χ4v) is 5.26. The molecule has 0 spiro atoms. The molecular weight excluding hydrogens is 348 g/mol. The molecule has 1 radical (unpaired) electrons. The second kappa shape index (κ2) is 7.36. The van der Waals surface area contributed by atoms with Crippen LogP contribution in [0.25, 0.3) is 0 Å². The molecule has 0 fully saturated rings. The SMILES string of the molecule is [CH-]=P(c1ccccc1)(c1ccccc1)c1ccccc1.[Y]. The molecule has 0 amide bonds. The third-order valence-corrected chi connectivity index (χ3v) is 6.83. The normalized spacial score (nSPS) is 10.7. The zero-order valence-corrected chi connectivity index (χ0v) is 15.5. The Balaban J connectivity index is 0.00000161. The van der Waals surface area contributed by atoms with Crippen molar-refractivity contribution in [1.82, 2.24) is 0 Å². The van der Waals surface area contributed by atoms with E-state index in [1.165, 1.54) is 15.9 Å². The molecule has 2 heteroatoms. The molecule has 0 aliphatic rings. The van der Waals surface area contributed by atoms with Crippen molar-refractivity contribution < 1.29 is 32.7 Å². The predicted molar refractivity (Wildman–Crippen MR) is 91.2 cm³/mol. The standard InChI is InChI=1S/C19H16P.Y/c1-20(17-11-5-2-6-12-17,18-13-7-3-8-14-18)19-15-9-4-10-16-19;/h1-16H;/q-1;. The minimum Gasteiger partial charge on any atom is -0.496 e. The van der Waals surface area contributed by atoms with Crippen LogP contribution >= 0.6 is 6.89 Å². The minimum absolute atomic E-state index is 0. The van der Waals surface area contributed by atoms with Crippen LogP contribution in [0.1, 0.15) is 0 Å². The topological polar surface area (TPSA) is 0 Å². The van der Waals surface area contributed by atoms with Gasteiger partial charge in [-0.1, -0.05) is 91.0 Å². The van der Waals surface area contributed by atoms with Crippen LogP contribution in [0.15, 0.2) is 91.0 Å². The Bertz CT molecular complexity index is 618. The third-order valence-electron chi connectivity index (χ3n) is 3.49. The average molecular weight is 364 g/mol.